The molecule has 1 aliphatic carbocycles. The number of fused-ring (bicyclic) bond motifs is 1. The summed E-state index contributed by atoms with van der Waals surface area (Å²) in [6.45, 7) is 0. The van der Waals surface area contributed by atoms with Gasteiger partial charge in [0.05, 0.1) is 12.8 Å². The Balaban J connectivity index is 1.47. The Morgan fingerprint density at radius 1 is 1.09 bits per heavy atom. The molecular weight excluding hydrogens is 440 g/mol. The number of hydrogen-bond acceptors (Lipinski definition) is 7. The average Bonchev–Trinajstić information content (AvgIpc) is 3.55. The lowest BCUT2D eigenvalue weighted by Crippen LogP contribution is -2.43. The topological polar surface area (TPSA) is 109 Å². The van der Waals surface area contributed by atoms with Gasteiger partial charge in [-0.3, -0.25) is 10.1 Å². The van der Waals surface area contributed by atoms with Crippen molar-refractivity contribution in [3.05, 3.63) is 95.3 Å². The number of ether oxygens (including phenoxy) is 1. The first-order chi connectivity index (χ1) is 17.1. The minimum Gasteiger partial charge on any atom is -0.464 e. The molecular formula is C27H26N6O2. The van der Waals surface area contributed by atoms with Crippen molar-refractivity contribution in [2.45, 2.75) is 36.9 Å². The molecule has 2 aromatic carbocycles. The van der Waals surface area contributed by atoms with Gasteiger partial charge in [0, 0.05) is 17.3 Å². The summed E-state index contributed by atoms with van der Waals surface area (Å²) >= 11 is 0. The molecule has 176 valence electrons. The smallest absolute Gasteiger partial charge is 0.358 e. The van der Waals surface area contributed by atoms with E-state index in [1.807, 2.05) is 29.3 Å². The van der Waals surface area contributed by atoms with E-state index in [0.717, 1.165) is 40.8 Å². The number of H-pyrrole nitrogens is 1. The van der Waals surface area contributed by atoms with Gasteiger partial charge >= 0.3 is 5.97 Å². The maximum Gasteiger partial charge on any atom is 0.358 e. The molecule has 2 aliphatic heterocycles. The number of methoxy groups -OCH3 is 1. The number of aromatic nitrogens is 2. The molecule has 0 radical (unpaired) electrons. The van der Waals surface area contributed by atoms with Crippen LogP contribution in [0.5, 0.6) is 0 Å². The van der Waals surface area contributed by atoms with Crippen LogP contribution < -0.4 is 5.73 Å². The van der Waals surface area contributed by atoms with Crippen LogP contribution in [0.2, 0.25) is 0 Å². The van der Waals surface area contributed by atoms with Crippen LogP contribution in [0.15, 0.2) is 83.0 Å². The fraction of sp³-hybridized carbons (Fsp3) is 0.259. The average molecular weight is 467 g/mol. The number of carbonyl (C=O) groups excluding carboxylic acids is 1. The summed E-state index contributed by atoms with van der Waals surface area (Å²) in [5.41, 5.74) is 11.3. The highest BCUT2D eigenvalue weighted by Gasteiger charge is 2.43. The molecule has 8 nitrogen and oxygen atoms in total. The zero-order chi connectivity index (χ0) is 24.0. The third-order valence-electron chi connectivity index (χ3n) is 7.18. The van der Waals surface area contributed by atoms with Crippen LogP contribution in [-0.2, 0) is 15.1 Å². The Morgan fingerprint density at radius 2 is 1.86 bits per heavy atom. The molecule has 3 aliphatic rings. The first kappa shape index (κ1) is 21.5. The summed E-state index contributed by atoms with van der Waals surface area (Å²) < 4.78 is 5.00. The number of rotatable bonds is 5. The third-order valence-corrected chi connectivity index (χ3v) is 7.18. The molecule has 1 fully saturated rings. The van der Waals surface area contributed by atoms with Crippen molar-refractivity contribution >= 4 is 23.1 Å². The highest BCUT2D eigenvalue weighted by molar-refractivity contribution is 6.46. The molecule has 2 unspecified atom stereocenters. The Labute approximate surface area is 203 Å². The van der Waals surface area contributed by atoms with E-state index in [4.69, 9.17) is 20.6 Å². The highest BCUT2D eigenvalue weighted by atomic mass is 16.5. The van der Waals surface area contributed by atoms with Crippen LogP contribution in [0.25, 0.3) is 5.57 Å². The Morgan fingerprint density at radius 3 is 2.49 bits per heavy atom. The number of nitrogens with zero attached hydrogens (tertiary/aromatic N) is 4. The standard InChI is InChI=1S/C27H26N6O2/c1-35-26(34)22-16-20(21-12-15-29-31-21)25-30-23(24(33(25)32-22)18-6-3-2-4-7-18)17-8-10-19(11-9-17)27(28)13-5-14-27/h2-4,6-12,15-16,23-24H,5,13-14,28H2,1H3,(H,29,31). The second-order valence-electron chi connectivity index (χ2n) is 9.23. The van der Waals surface area contributed by atoms with E-state index in [2.05, 4.69) is 46.6 Å². The number of aromatic amines is 1. The van der Waals surface area contributed by atoms with Gasteiger partial charge in [-0.1, -0.05) is 54.6 Å². The number of hydrazone groups is 1. The highest BCUT2D eigenvalue weighted by Crippen LogP contribution is 2.46. The van der Waals surface area contributed by atoms with Gasteiger partial charge in [-0.2, -0.15) is 10.2 Å². The number of amidine groups is 1. The molecule has 6 rings (SSSR count). The molecule has 0 saturated heterocycles. The normalized spacial score (nSPS) is 22.5. The molecule has 8 heteroatoms. The number of hydrogen-bond donors (Lipinski definition) is 2. The predicted molar refractivity (Wildman–Crippen MR) is 133 cm³/mol. The van der Waals surface area contributed by atoms with Gasteiger partial charge in [0.15, 0.2) is 11.5 Å². The zero-order valence-corrected chi connectivity index (χ0v) is 19.4. The van der Waals surface area contributed by atoms with Crippen molar-refractivity contribution in [3.63, 3.8) is 0 Å². The largest absolute Gasteiger partial charge is 0.464 e. The maximum atomic E-state index is 12.5. The minimum absolute atomic E-state index is 0.211. The molecule has 1 saturated carbocycles. The lowest BCUT2D eigenvalue weighted by Gasteiger charge is -2.38. The van der Waals surface area contributed by atoms with Crippen molar-refractivity contribution in [2.24, 2.45) is 15.8 Å². The quantitative estimate of drug-likeness (QED) is 0.555. The van der Waals surface area contributed by atoms with Crippen LogP contribution in [0.4, 0.5) is 0 Å². The van der Waals surface area contributed by atoms with Gasteiger partial charge in [0.1, 0.15) is 12.1 Å². The fourth-order valence-electron chi connectivity index (χ4n) is 5.07. The maximum absolute atomic E-state index is 12.5. The molecule has 1 aromatic heterocycles. The van der Waals surface area contributed by atoms with Crippen molar-refractivity contribution in [1.82, 2.24) is 15.2 Å². The van der Waals surface area contributed by atoms with E-state index >= 15 is 0 Å². The van der Waals surface area contributed by atoms with Gasteiger partial charge in [-0.05, 0) is 48.1 Å². The number of carbonyl (C=O) groups is 1. The fourth-order valence-corrected chi connectivity index (χ4v) is 5.07. The van der Waals surface area contributed by atoms with E-state index in [1.54, 1.807) is 12.3 Å². The monoisotopic (exact) mass is 466 g/mol. The van der Waals surface area contributed by atoms with Crippen molar-refractivity contribution in [1.29, 1.82) is 0 Å². The minimum atomic E-state index is -0.505. The van der Waals surface area contributed by atoms with Crippen LogP contribution >= 0.6 is 0 Å². The summed E-state index contributed by atoms with van der Waals surface area (Å²) in [4.78, 5) is 17.7. The number of benzene rings is 2. The van der Waals surface area contributed by atoms with Crippen molar-refractivity contribution in [3.8, 4) is 0 Å². The molecule has 2 atom stereocenters. The van der Waals surface area contributed by atoms with Gasteiger partial charge in [-0.25, -0.2) is 9.80 Å². The molecule has 3 N–H and O–H groups in total. The Kier molecular flexibility index (Phi) is 5.11. The Bertz CT molecular complexity index is 1340. The van der Waals surface area contributed by atoms with Crippen molar-refractivity contribution in [2.75, 3.05) is 7.11 Å². The van der Waals surface area contributed by atoms with E-state index in [-0.39, 0.29) is 23.3 Å². The number of nitrogens with one attached hydrogen (secondary N) is 1. The zero-order valence-electron chi connectivity index (χ0n) is 19.4. The molecule has 35 heavy (non-hydrogen) atoms. The lowest BCUT2D eigenvalue weighted by molar-refractivity contribution is -0.132. The molecule has 0 amide bonds. The van der Waals surface area contributed by atoms with Gasteiger partial charge in [-0.15, -0.1) is 0 Å². The van der Waals surface area contributed by atoms with E-state index < -0.39 is 5.97 Å². The van der Waals surface area contributed by atoms with E-state index in [9.17, 15) is 4.79 Å². The van der Waals surface area contributed by atoms with Gasteiger partial charge < -0.3 is 10.5 Å². The summed E-state index contributed by atoms with van der Waals surface area (Å²) in [6, 6.07) is 20.0. The number of nitrogens with two attached hydrogens (primary N) is 1. The number of aliphatic imine (C=N–C) groups is 1. The predicted octanol–water partition coefficient (Wildman–Crippen LogP) is 3.87. The van der Waals surface area contributed by atoms with E-state index in [0.29, 0.717) is 5.84 Å². The second kappa shape index (κ2) is 8.32. The van der Waals surface area contributed by atoms with Crippen LogP contribution in [0.3, 0.4) is 0 Å². The van der Waals surface area contributed by atoms with Gasteiger partial charge in [0.25, 0.3) is 0 Å². The van der Waals surface area contributed by atoms with E-state index in [1.165, 1.54) is 13.5 Å². The molecule has 3 aromatic rings. The number of esters is 1. The summed E-state index contributed by atoms with van der Waals surface area (Å²) in [5.74, 6) is 0.175. The SMILES string of the molecule is COC(=O)C1=NN2C(=NC(c3ccc(C4(N)CCC4)cc3)C2c2ccccc2)C(c2ccn[nH]2)=C1. The summed E-state index contributed by atoms with van der Waals surface area (Å²) in [5, 5.41) is 13.6. The molecule has 0 spiro atoms. The first-order valence-electron chi connectivity index (χ1n) is 11.8. The summed E-state index contributed by atoms with van der Waals surface area (Å²) in [6.07, 6.45) is 6.58. The van der Waals surface area contributed by atoms with Crippen LogP contribution in [0, 0.1) is 0 Å². The van der Waals surface area contributed by atoms with Crippen LogP contribution in [-0.4, -0.2) is 39.8 Å². The summed E-state index contributed by atoms with van der Waals surface area (Å²) in [7, 11) is 1.35. The molecule has 0 bridgehead atoms. The lowest BCUT2D eigenvalue weighted by atomic mass is 9.72. The first-order valence-corrected chi connectivity index (χ1v) is 11.8. The Hall–Kier alpha value is -4.04. The van der Waals surface area contributed by atoms with Crippen LogP contribution in [0.1, 0.15) is 53.7 Å². The van der Waals surface area contributed by atoms with Crippen molar-refractivity contribution < 1.29 is 9.53 Å². The second-order valence-corrected chi connectivity index (χ2v) is 9.23. The third kappa shape index (κ3) is 3.57. The molecule has 3 heterocycles. The van der Waals surface area contributed by atoms with Gasteiger partial charge in [0.2, 0.25) is 0 Å².